The van der Waals surface area contributed by atoms with Crippen molar-refractivity contribution in [2.45, 2.75) is 32.1 Å². The van der Waals surface area contributed by atoms with Gasteiger partial charge in [0.1, 0.15) is 0 Å². The first kappa shape index (κ1) is 23.8. The first-order chi connectivity index (χ1) is 15.7. The normalized spacial score (nSPS) is 17.0. The molecule has 1 aromatic carbocycles. The molecule has 0 spiro atoms. The van der Waals surface area contributed by atoms with E-state index in [1.54, 1.807) is 24.7 Å². The molecule has 11 nitrogen and oxygen atoms in total. The van der Waals surface area contributed by atoms with Crippen molar-refractivity contribution in [2.24, 2.45) is 15.7 Å². The Kier molecular flexibility index (Phi) is 7.36. The van der Waals surface area contributed by atoms with Gasteiger partial charge in [0.15, 0.2) is 12.2 Å². The second-order valence-corrected chi connectivity index (χ2v) is 7.71. The van der Waals surface area contributed by atoms with Crippen molar-refractivity contribution in [3.05, 3.63) is 59.6 Å². The maximum atomic E-state index is 12.6. The van der Waals surface area contributed by atoms with Gasteiger partial charge < -0.3 is 26.2 Å². The van der Waals surface area contributed by atoms with Crippen molar-refractivity contribution >= 4 is 24.5 Å². The standard InChI is InChI=1S/C22H27N7O4/c1-13-11-28(12-17(13)27-22(23)24-3)21(33)19(31)18(30)20(32)26-14(2)15-5-7-16(8-6-15)29-10-4-9-25-29/h4-10,14,18-19,30-31H,3,11-12H2,1-2H3,(H2,23,27)(H,26,32)/t14-,18-,19-/m1/s1. The van der Waals surface area contributed by atoms with Crippen LogP contribution < -0.4 is 11.1 Å². The van der Waals surface area contributed by atoms with Gasteiger partial charge in [0, 0.05) is 18.9 Å². The van der Waals surface area contributed by atoms with Crippen molar-refractivity contribution in [3.63, 3.8) is 0 Å². The molecule has 2 aromatic rings. The van der Waals surface area contributed by atoms with E-state index in [1.807, 2.05) is 36.5 Å². The molecule has 0 saturated heterocycles. The van der Waals surface area contributed by atoms with Crippen molar-refractivity contribution in [3.8, 4) is 5.69 Å². The van der Waals surface area contributed by atoms with E-state index in [1.165, 1.54) is 4.90 Å². The van der Waals surface area contributed by atoms with Gasteiger partial charge in [-0.05, 0) is 49.9 Å². The fourth-order valence-electron chi connectivity index (χ4n) is 3.39. The Hall–Kier alpha value is -3.83. The molecule has 33 heavy (non-hydrogen) atoms. The molecule has 0 radical (unpaired) electrons. The van der Waals surface area contributed by atoms with E-state index in [0.717, 1.165) is 16.8 Å². The molecule has 11 heteroatoms. The second-order valence-electron chi connectivity index (χ2n) is 7.71. The predicted molar refractivity (Wildman–Crippen MR) is 123 cm³/mol. The number of amides is 2. The van der Waals surface area contributed by atoms with Gasteiger partial charge in [-0.1, -0.05) is 12.1 Å². The Balaban J connectivity index is 1.58. The molecule has 3 atom stereocenters. The third kappa shape index (κ3) is 5.51. The minimum atomic E-state index is -1.93. The minimum absolute atomic E-state index is 0.0368. The highest BCUT2D eigenvalue weighted by molar-refractivity contribution is 5.91. The van der Waals surface area contributed by atoms with Gasteiger partial charge in [-0.2, -0.15) is 5.10 Å². The molecule has 0 unspecified atom stereocenters. The number of aliphatic hydroxyl groups is 2. The minimum Gasteiger partial charge on any atom is -0.380 e. The van der Waals surface area contributed by atoms with Crippen LogP contribution in [0.25, 0.3) is 5.69 Å². The molecule has 3 rings (SSSR count). The molecular formula is C22H27N7O4. The number of nitrogens with zero attached hydrogens (tertiary/aromatic N) is 5. The molecular weight excluding hydrogens is 426 g/mol. The van der Waals surface area contributed by atoms with Gasteiger partial charge in [-0.15, -0.1) is 0 Å². The third-order valence-electron chi connectivity index (χ3n) is 5.33. The number of carbonyl (C=O) groups excluding carboxylic acids is 2. The highest BCUT2D eigenvalue weighted by Gasteiger charge is 2.36. The first-order valence-corrected chi connectivity index (χ1v) is 10.3. The number of guanidine groups is 1. The highest BCUT2D eigenvalue weighted by Crippen LogP contribution is 2.20. The van der Waals surface area contributed by atoms with E-state index < -0.39 is 30.1 Å². The van der Waals surface area contributed by atoms with Gasteiger partial charge in [0.25, 0.3) is 11.8 Å². The number of benzene rings is 1. The topological polar surface area (TPSA) is 158 Å². The summed E-state index contributed by atoms with van der Waals surface area (Å²) in [6, 6.07) is 8.67. The van der Waals surface area contributed by atoms with Gasteiger partial charge in [0.2, 0.25) is 5.96 Å². The Morgan fingerprint density at radius 2 is 1.91 bits per heavy atom. The third-order valence-corrected chi connectivity index (χ3v) is 5.33. The van der Waals surface area contributed by atoms with Crippen LogP contribution in [0.4, 0.5) is 0 Å². The van der Waals surface area contributed by atoms with Crippen LogP contribution in [0, 0.1) is 0 Å². The molecule has 1 aromatic heterocycles. The summed E-state index contributed by atoms with van der Waals surface area (Å²) < 4.78 is 1.70. The van der Waals surface area contributed by atoms with Gasteiger partial charge in [-0.3, -0.25) is 9.59 Å². The number of aliphatic imine (C=N–C) groups is 2. The summed E-state index contributed by atoms with van der Waals surface area (Å²) in [6.07, 6.45) is -0.374. The SMILES string of the molecule is C=NC(N)=NC1=C(C)CN(C(=O)[C@H](O)[C@@H](O)C(=O)N[C@H](C)c2ccc(-n3cccn3)cc2)C1. The molecule has 2 heterocycles. The number of aliphatic hydroxyl groups excluding tert-OH is 2. The fourth-order valence-corrected chi connectivity index (χ4v) is 3.39. The summed E-state index contributed by atoms with van der Waals surface area (Å²) in [4.78, 5) is 34.0. The van der Waals surface area contributed by atoms with Crippen LogP contribution in [0.15, 0.2) is 64.0 Å². The summed E-state index contributed by atoms with van der Waals surface area (Å²) >= 11 is 0. The van der Waals surface area contributed by atoms with Gasteiger partial charge >= 0.3 is 0 Å². The van der Waals surface area contributed by atoms with Crippen molar-refractivity contribution in [1.29, 1.82) is 0 Å². The van der Waals surface area contributed by atoms with E-state index in [4.69, 9.17) is 5.73 Å². The molecule has 1 aliphatic rings. The predicted octanol–water partition coefficient (Wildman–Crippen LogP) is -0.0972. The fraction of sp³-hybridized carbons (Fsp3) is 0.318. The largest absolute Gasteiger partial charge is 0.380 e. The number of hydrogen-bond acceptors (Lipinski definition) is 6. The monoisotopic (exact) mass is 453 g/mol. The Labute approximate surface area is 190 Å². The van der Waals surface area contributed by atoms with E-state index in [0.29, 0.717) is 5.70 Å². The molecule has 2 amide bonds. The summed E-state index contributed by atoms with van der Waals surface area (Å²) in [7, 11) is 0. The summed E-state index contributed by atoms with van der Waals surface area (Å²) in [6.45, 7) is 7.04. The van der Waals surface area contributed by atoms with Crippen LogP contribution in [-0.4, -0.2) is 74.7 Å². The van der Waals surface area contributed by atoms with E-state index in [2.05, 4.69) is 27.1 Å². The smallest absolute Gasteiger partial charge is 0.255 e. The lowest BCUT2D eigenvalue weighted by molar-refractivity contribution is -0.152. The van der Waals surface area contributed by atoms with Crippen LogP contribution in [0.2, 0.25) is 0 Å². The molecule has 0 bridgehead atoms. The van der Waals surface area contributed by atoms with Crippen LogP contribution >= 0.6 is 0 Å². The zero-order valence-corrected chi connectivity index (χ0v) is 18.4. The number of carbonyl (C=O) groups is 2. The Morgan fingerprint density at radius 1 is 1.21 bits per heavy atom. The van der Waals surface area contributed by atoms with Crippen molar-refractivity contribution < 1.29 is 19.8 Å². The number of nitrogens with two attached hydrogens (primary N) is 1. The van der Waals surface area contributed by atoms with E-state index in [9.17, 15) is 19.8 Å². The number of aromatic nitrogens is 2. The van der Waals surface area contributed by atoms with E-state index >= 15 is 0 Å². The summed E-state index contributed by atoms with van der Waals surface area (Å²) in [5.74, 6) is -1.68. The zero-order chi connectivity index (χ0) is 24.1. The number of rotatable bonds is 7. The average Bonchev–Trinajstić information content (AvgIpc) is 3.48. The van der Waals surface area contributed by atoms with Gasteiger partial charge in [0.05, 0.1) is 24.0 Å². The molecule has 174 valence electrons. The lowest BCUT2D eigenvalue weighted by Crippen LogP contribution is -2.50. The lowest BCUT2D eigenvalue weighted by atomic mass is 10.1. The molecule has 1 aliphatic heterocycles. The summed E-state index contributed by atoms with van der Waals surface area (Å²) in [5, 5.41) is 27.4. The number of nitrogens with one attached hydrogen (secondary N) is 1. The summed E-state index contributed by atoms with van der Waals surface area (Å²) in [5.41, 5.74) is 8.46. The molecule has 5 N–H and O–H groups in total. The maximum absolute atomic E-state index is 12.6. The number of hydrogen-bond donors (Lipinski definition) is 4. The zero-order valence-electron chi connectivity index (χ0n) is 18.4. The molecule has 0 fully saturated rings. The van der Waals surface area contributed by atoms with Crippen LogP contribution in [-0.2, 0) is 9.59 Å². The highest BCUT2D eigenvalue weighted by atomic mass is 16.3. The van der Waals surface area contributed by atoms with Crippen LogP contribution in [0.1, 0.15) is 25.5 Å². The second kappa shape index (κ2) is 10.2. The van der Waals surface area contributed by atoms with Crippen molar-refractivity contribution in [2.75, 3.05) is 13.1 Å². The first-order valence-electron chi connectivity index (χ1n) is 10.3. The van der Waals surface area contributed by atoms with Gasteiger partial charge in [-0.25, -0.2) is 14.7 Å². The Bertz CT molecular complexity index is 1080. The molecule has 0 aliphatic carbocycles. The van der Waals surface area contributed by atoms with Crippen LogP contribution in [0.3, 0.4) is 0 Å². The van der Waals surface area contributed by atoms with Crippen molar-refractivity contribution in [1.82, 2.24) is 20.0 Å². The van der Waals surface area contributed by atoms with E-state index in [-0.39, 0.29) is 19.0 Å². The average molecular weight is 454 g/mol. The Morgan fingerprint density at radius 3 is 2.52 bits per heavy atom. The molecule has 0 saturated carbocycles. The maximum Gasteiger partial charge on any atom is 0.255 e. The van der Waals surface area contributed by atoms with Crippen LogP contribution in [0.5, 0.6) is 0 Å². The quantitative estimate of drug-likeness (QED) is 0.339. The lowest BCUT2D eigenvalue weighted by Gasteiger charge is -2.24.